The molecule has 2 aliphatic rings. The molecule has 2 rings (SSSR count). The summed E-state index contributed by atoms with van der Waals surface area (Å²) in [4.78, 5) is 13.3. The van der Waals surface area contributed by atoms with Gasteiger partial charge in [0, 0.05) is 19.1 Å². The summed E-state index contributed by atoms with van der Waals surface area (Å²) >= 11 is 0. The Morgan fingerprint density at radius 2 is 1.73 bits per heavy atom. The van der Waals surface area contributed by atoms with Gasteiger partial charge in [0.2, 0.25) is 0 Å². The van der Waals surface area contributed by atoms with Crippen molar-refractivity contribution in [3.8, 4) is 0 Å². The van der Waals surface area contributed by atoms with Crippen molar-refractivity contribution in [3.63, 3.8) is 0 Å². The third kappa shape index (κ3) is 2.33. The van der Waals surface area contributed by atoms with Gasteiger partial charge in [0.05, 0.1) is 5.92 Å². The van der Waals surface area contributed by atoms with Gasteiger partial charge in [-0.1, -0.05) is 13.8 Å². The lowest BCUT2D eigenvalue weighted by atomic mass is 9.78. The van der Waals surface area contributed by atoms with Crippen molar-refractivity contribution in [2.45, 2.75) is 45.6 Å². The van der Waals surface area contributed by atoms with Crippen LogP contribution < -0.4 is 0 Å². The van der Waals surface area contributed by atoms with E-state index in [1.807, 2.05) is 0 Å². The van der Waals surface area contributed by atoms with Crippen molar-refractivity contribution in [2.75, 3.05) is 13.1 Å². The highest BCUT2D eigenvalue weighted by atomic mass is 16.4. The molecule has 1 N–H and O–H groups in total. The number of hydrogen-bond donors (Lipinski definition) is 1. The van der Waals surface area contributed by atoms with E-state index < -0.39 is 5.97 Å². The zero-order valence-electron chi connectivity index (χ0n) is 9.70. The largest absolute Gasteiger partial charge is 0.481 e. The first-order chi connectivity index (χ1) is 6.98. The van der Waals surface area contributed by atoms with E-state index in [1.165, 1.54) is 13.1 Å². The highest BCUT2D eigenvalue weighted by molar-refractivity contribution is 5.70. The fraction of sp³-hybridized carbons (Fsp3) is 0.917. The van der Waals surface area contributed by atoms with E-state index in [0.717, 1.165) is 25.7 Å². The summed E-state index contributed by atoms with van der Waals surface area (Å²) in [5, 5.41) is 8.90. The molecule has 0 atom stereocenters. The van der Waals surface area contributed by atoms with Crippen LogP contribution in [0.25, 0.3) is 0 Å². The molecule has 0 bridgehead atoms. The number of carboxylic acid groups (broad SMARTS) is 1. The smallest absolute Gasteiger partial charge is 0.306 e. The molecule has 0 unspecified atom stereocenters. The highest BCUT2D eigenvalue weighted by Gasteiger charge is 2.39. The van der Waals surface area contributed by atoms with Crippen molar-refractivity contribution in [1.29, 1.82) is 0 Å². The monoisotopic (exact) mass is 211 g/mol. The van der Waals surface area contributed by atoms with Crippen molar-refractivity contribution < 1.29 is 9.90 Å². The van der Waals surface area contributed by atoms with Crippen molar-refractivity contribution in [3.05, 3.63) is 0 Å². The van der Waals surface area contributed by atoms with Crippen LogP contribution in [-0.4, -0.2) is 35.1 Å². The lowest BCUT2D eigenvalue weighted by Crippen LogP contribution is -2.57. The number of carbonyl (C=O) groups is 1. The molecule has 0 aromatic carbocycles. The van der Waals surface area contributed by atoms with Crippen LogP contribution in [0.2, 0.25) is 0 Å². The quantitative estimate of drug-likeness (QED) is 0.759. The molecule has 1 saturated carbocycles. The average molecular weight is 211 g/mol. The number of hydrogen-bond acceptors (Lipinski definition) is 2. The minimum Gasteiger partial charge on any atom is -0.481 e. The summed E-state index contributed by atoms with van der Waals surface area (Å²) in [6.45, 7) is 6.98. The van der Waals surface area contributed by atoms with Gasteiger partial charge in [0.25, 0.3) is 0 Å². The zero-order chi connectivity index (χ0) is 11.1. The van der Waals surface area contributed by atoms with E-state index in [-0.39, 0.29) is 5.92 Å². The van der Waals surface area contributed by atoms with E-state index >= 15 is 0 Å². The number of likely N-dealkylation sites (tertiary alicyclic amines) is 1. The number of nitrogens with zero attached hydrogens (tertiary/aromatic N) is 1. The summed E-state index contributed by atoms with van der Waals surface area (Å²) in [6, 6.07) is 0.661. The van der Waals surface area contributed by atoms with E-state index in [0.29, 0.717) is 11.5 Å². The predicted molar refractivity (Wildman–Crippen MR) is 58.7 cm³/mol. The van der Waals surface area contributed by atoms with Crippen LogP contribution in [0, 0.1) is 11.3 Å². The Morgan fingerprint density at radius 1 is 1.20 bits per heavy atom. The van der Waals surface area contributed by atoms with Gasteiger partial charge in [-0.25, -0.2) is 0 Å². The van der Waals surface area contributed by atoms with Crippen LogP contribution in [0.15, 0.2) is 0 Å². The molecule has 3 heteroatoms. The molecule has 1 saturated heterocycles. The molecule has 0 spiro atoms. The lowest BCUT2D eigenvalue weighted by Gasteiger charge is -2.51. The van der Waals surface area contributed by atoms with Gasteiger partial charge in [0.15, 0.2) is 0 Å². The van der Waals surface area contributed by atoms with Gasteiger partial charge in [-0.2, -0.15) is 0 Å². The van der Waals surface area contributed by atoms with Gasteiger partial charge >= 0.3 is 5.97 Å². The van der Waals surface area contributed by atoms with Gasteiger partial charge < -0.3 is 5.11 Å². The Labute approximate surface area is 91.5 Å². The Morgan fingerprint density at radius 3 is 2.13 bits per heavy atom. The fourth-order valence-corrected chi connectivity index (χ4v) is 3.00. The van der Waals surface area contributed by atoms with Crippen LogP contribution in [0.3, 0.4) is 0 Å². The maximum atomic E-state index is 10.8. The number of rotatable bonds is 2. The minimum atomic E-state index is -0.600. The fourth-order valence-electron chi connectivity index (χ4n) is 3.00. The van der Waals surface area contributed by atoms with Gasteiger partial charge in [-0.15, -0.1) is 0 Å². The second kappa shape index (κ2) is 3.78. The summed E-state index contributed by atoms with van der Waals surface area (Å²) in [7, 11) is 0. The van der Waals surface area contributed by atoms with Gasteiger partial charge in [-0.05, 0) is 31.1 Å². The standard InChI is InChI=1S/C12H21NO2/c1-12(2)7-13(8-12)10-5-3-9(4-6-10)11(14)15/h9-10H,3-8H2,1-2H3,(H,14,15). The van der Waals surface area contributed by atoms with Crippen LogP contribution in [-0.2, 0) is 4.79 Å². The van der Waals surface area contributed by atoms with E-state index in [9.17, 15) is 4.79 Å². The van der Waals surface area contributed by atoms with E-state index in [2.05, 4.69) is 18.7 Å². The van der Waals surface area contributed by atoms with Crippen molar-refractivity contribution >= 4 is 5.97 Å². The third-order valence-corrected chi connectivity index (χ3v) is 3.82. The number of aliphatic carboxylic acids is 1. The first kappa shape index (κ1) is 10.9. The molecule has 15 heavy (non-hydrogen) atoms. The summed E-state index contributed by atoms with van der Waals surface area (Å²) in [5.41, 5.74) is 0.490. The van der Waals surface area contributed by atoms with E-state index in [4.69, 9.17) is 5.11 Å². The molecule has 2 fully saturated rings. The van der Waals surface area contributed by atoms with Crippen LogP contribution >= 0.6 is 0 Å². The molecular weight excluding hydrogens is 190 g/mol. The van der Waals surface area contributed by atoms with Crippen molar-refractivity contribution in [2.24, 2.45) is 11.3 Å². The van der Waals surface area contributed by atoms with Crippen molar-refractivity contribution in [1.82, 2.24) is 4.90 Å². The Bertz CT molecular complexity index is 246. The van der Waals surface area contributed by atoms with Gasteiger partial charge in [-0.3, -0.25) is 9.69 Å². The molecule has 0 amide bonds. The van der Waals surface area contributed by atoms with E-state index in [1.54, 1.807) is 0 Å². The summed E-state index contributed by atoms with van der Waals surface area (Å²) in [6.07, 6.45) is 3.90. The maximum absolute atomic E-state index is 10.8. The highest BCUT2D eigenvalue weighted by Crippen LogP contribution is 2.36. The molecule has 0 radical (unpaired) electrons. The normalized spacial score (nSPS) is 35.9. The van der Waals surface area contributed by atoms with Gasteiger partial charge in [0.1, 0.15) is 0 Å². The molecule has 1 aliphatic heterocycles. The molecule has 3 nitrogen and oxygen atoms in total. The first-order valence-corrected chi connectivity index (χ1v) is 5.95. The molecule has 1 aliphatic carbocycles. The topological polar surface area (TPSA) is 40.5 Å². The maximum Gasteiger partial charge on any atom is 0.306 e. The second-order valence-corrected chi connectivity index (χ2v) is 5.91. The van der Waals surface area contributed by atoms with Crippen LogP contribution in [0.5, 0.6) is 0 Å². The molecule has 1 heterocycles. The Hall–Kier alpha value is -0.570. The molecular formula is C12H21NO2. The Balaban J connectivity index is 1.77. The van der Waals surface area contributed by atoms with Crippen LogP contribution in [0.4, 0.5) is 0 Å². The first-order valence-electron chi connectivity index (χ1n) is 5.95. The number of carboxylic acids is 1. The lowest BCUT2D eigenvalue weighted by molar-refractivity contribution is -0.143. The summed E-state index contributed by atoms with van der Waals surface area (Å²) in [5.74, 6) is -0.673. The molecule has 0 aromatic rings. The third-order valence-electron chi connectivity index (χ3n) is 3.82. The SMILES string of the molecule is CC1(C)CN(C2CCC(C(=O)O)CC2)C1. The molecule has 86 valence electrons. The molecule has 0 aromatic heterocycles. The Kier molecular flexibility index (Phi) is 2.75. The predicted octanol–water partition coefficient (Wildman–Crippen LogP) is 1.97. The minimum absolute atomic E-state index is 0.0736. The van der Waals surface area contributed by atoms with Crippen LogP contribution in [0.1, 0.15) is 39.5 Å². The average Bonchev–Trinajstić information content (AvgIpc) is 2.14. The zero-order valence-corrected chi connectivity index (χ0v) is 9.70. The summed E-state index contributed by atoms with van der Waals surface area (Å²) < 4.78 is 0. The second-order valence-electron chi connectivity index (χ2n) is 5.91.